The van der Waals surface area contributed by atoms with E-state index in [4.69, 9.17) is 4.74 Å². The Bertz CT molecular complexity index is 1120. The van der Waals surface area contributed by atoms with Gasteiger partial charge in [-0.3, -0.25) is 9.59 Å². The summed E-state index contributed by atoms with van der Waals surface area (Å²) in [5, 5.41) is 2.80. The van der Waals surface area contributed by atoms with Gasteiger partial charge in [-0.05, 0) is 47.9 Å². The number of ether oxygens (including phenoxy) is 1. The van der Waals surface area contributed by atoms with E-state index in [-0.39, 0.29) is 23.3 Å². The average molecular weight is 470 g/mol. The van der Waals surface area contributed by atoms with Crippen molar-refractivity contribution < 1.29 is 22.7 Å². The quantitative estimate of drug-likeness (QED) is 0.627. The van der Waals surface area contributed by atoms with Crippen LogP contribution in [-0.2, 0) is 30.9 Å². The molecule has 2 saturated heterocycles. The summed E-state index contributed by atoms with van der Waals surface area (Å²) in [5.74, 6) is -0.108. The van der Waals surface area contributed by atoms with Gasteiger partial charge in [-0.1, -0.05) is 24.3 Å². The summed E-state index contributed by atoms with van der Waals surface area (Å²) in [7, 11) is -3.53. The zero-order chi connectivity index (χ0) is 23.3. The van der Waals surface area contributed by atoms with Crippen molar-refractivity contribution in [2.75, 3.05) is 37.7 Å². The van der Waals surface area contributed by atoms with Crippen LogP contribution in [0.25, 0.3) is 6.08 Å². The molecule has 2 aromatic carbocycles. The van der Waals surface area contributed by atoms with Crippen LogP contribution >= 0.6 is 0 Å². The minimum absolute atomic E-state index is 0.143. The van der Waals surface area contributed by atoms with Gasteiger partial charge in [0.1, 0.15) is 0 Å². The highest BCUT2D eigenvalue weighted by atomic mass is 32.2. The summed E-state index contributed by atoms with van der Waals surface area (Å²) in [6, 6.07) is 14.0. The van der Waals surface area contributed by atoms with Gasteiger partial charge in [0.2, 0.25) is 21.8 Å². The van der Waals surface area contributed by atoms with Gasteiger partial charge in [0.15, 0.2) is 0 Å². The lowest BCUT2D eigenvalue weighted by atomic mass is 10.2. The van der Waals surface area contributed by atoms with Crippen molar-refractivity contribution in [1.82, 2.24) is 9.62 Å². The number of rotatable bonds is 7. The van der Waals surface area contributed by atoms with E-state index >= 15 is 0 Å². The van der Waals surface area contributed by atoms with Gasteiger partial charge >= 0.3 is 0 Å². The lowest BCUT2D eigenvalue weighted by molar-refractivity contribution is -0.117. The first-order valence-corrected chi connectivity index (χ1v) is 12.4. The van der Waals surface area contributed by atoms with E-state index in [1.165, 1.54) is 10.4 Å². The molecule has 8 nitrogen and oxygen atoms in total. The van der Waals surface area contributed by atoms with E-state index < -0.39 is 10.0 Å². The van der Waals surface area contributed by atoms with Crippen molar-refractivity contribution in [3.8, 4) is 0 Å². The van der Waals surface area contributed by atoms with Crippen LogP contribution in [0, 0.1) is 0 Å². The number of carbonyl (C=O) groups is 2. The number of benzene rings is 2. The maximum Gasteiger partial charge on any atom is 0.244 e. The van der Waals surface area contributed by atoms with Gasteiger partial charge < -0.3 is 15.0 Å². The van der Waals surface area contributed by atoms with E-state index in [1.807, 2.05) is 24.3 Å². The number of carbonyl (C=O) groups excluding carboxylic acids is 2. The molecule has 2 aromatic rings. The summed E-state index contributed by atoms with van der Waals surface area (Å²) in [6.45, 7) is 2.54. The van der Waals surface area contributed by atoms with Crippen LogP contribution in [0.3, 0.4) is 0 Å². The molecule has 0 aliphatic carbocycles. The van der Waals surface area contributed by atoms with Crippen LogP contribution in [0.15, 0.2) is 59.5 Å². The maximum atomic E-state index is 12.7. The van der Waals surface area contributed by atoms with E-state index in [0.717, 1.165) is 29.8 Å². The predicted octanol–water partition coefficient (Wildman–Crippen LogP) is 2.16. The smallest absolute Gasteiger partial charge is 0.244 e. The second-order valence-electron chi connectivity index (χ2n) is 7.95. The van der Waals surface area contributed by atoms with Gasteiger partial charge in [0, 0.05) is 44.4 Å². The molecule has 2 fully saturated rings. The second-order valence-corrected chi connectivity index (χ2v) is 9.89. The highest BCUT2D eigenvalue weighted by molar-refractivity contribution is 7.89. The topological polar surface area (TPSA) is 96.0 Å². The number of hydrogen-bond donors (Lipinski definition) is 1. The van der Waals surface area contributed by atoms with Gasteiger partial charge in [-0.25, -0.2) is 8.42 Å². The predicted molar refractivity (Wildman–Crippen MR) is 125 cm³/mol. The lowest BCUT2D eigenvalue weighted by Gasteiger charge is -2.26. The molecule has 1 N–H and O–H groups in total. The summed E-state index contributed by atoms with van der Waals surface area (Å²) in [4.78, 5) is 26.0. The van der Waals surface area contributed by atoms with Crippen molar-refractivity contribution >= 4 is 33.6 Å². The van der Waals surface area contributed by atoms with Gasteiger partial charge in [-0.2, -0.15) is 4.31 Å². The zero-order valence-corrected chi connectivity index (χ0v) is 19.1. The van der Waals surface area contributed by atoms with E-state index in [1.54, 1.807) is 35.2 Å². The minimum Gasteiger partial charge on any atom is -0.379 e. The van der Waals surface area contributed by atoms with Crippen LogP contribution in [0.4, 0.5) is 5.69 Å². The highest BCUT2D eigenvalue weighted by Gasteiger charge is 2.26. The molecule has 0 radical (unpaired) electrons. The molecule has 2 amide bonds. The van der Waals surface area contributed by atoms with Crippen molar-refractivity contribution in [3.05, 3.63) is 65.7 Å². The van der Waals surface area contributed by atoms with E-state index in [9.17, 15) is 18.0 Å². The molecule has 2 aliphatic heterocycles. The molecule has 0 bridgehead atoms. The fourth-order valence-electron chi connectivity index (χ4n) is 3.82. The van der Waals surface area contributed by atoms with Gasteiger partial charge in [0.05, 0.1) is 18.1 Å². The number of morpholine rings is 1. The Morgan fingerprint density at radius 1 is 1.00 bits per heavy atom. The molecular weight excluding hydrogens is 442 g/mol. The Hall–Kier alpha value is -3.01. The number of amides is 2. The first kappa shape index (κ1) is 23.2. The van der Waals surface area contributed by atoms with Crippen LogP contribution < -0.4 is 10.2 Å². The highest BCUT2D eigenvalue weighted by Crippen LogP contribution is 2.22. The number of anilines is 1. The molecule has 0 atom stereocenters. The molecule has 0 unspecified atom stereocenters. The number of nitrogens with zero attached hydrogens (tertiary/aromatic N) is 2. The molecule has 2 heterocycles. The summed E-state index contributed by atoms with van der Waals surface area (Å²) < 4.78 is 32.0. The summed E-state index contributed by atoms with van der Waals surface area (Å²) >= 11 is 0. The molecule has 0 saturated carbocycles. The third kappa shape index (κ3) is 5.68. The molecular formula is C24H27N3O5S. The summed E-state index contributed by atoms with van der Waals surface area (Å²) in [6.07, 6.45) is 4.64. The normalized spacial score (nSPS) is 17.6. The fourth-order valence-corrected chi connectivity index (χ4v) is 5.23. The number of hydrogen-bond acceptors (Lipinski definition) is 5. The van der Waals surface area contributed by atoms with Crippen LogP contribution in [-0.4, -0.2) is 57.4 Å². The first-order chi connectivity index (χ1) is 15.9. The monoisotopic (exact) mass is 469 g/mol. The minimum atomic E-state index is -3.53. The van der Waals surface area contributed by atoms with Crippen LogP contribution in [0.2, 0.25) is 0 Å². The Morgan fingerprint density at radius 3 is 2.33 bits per heavy atom. The second kappa shape index (κ2) is 10.3. The van der Waals surface area contributed by atoms with Gasteiger partial charge in [0.25, 0.3) is 0 Å². The SMILES string of the molecule is O=C(/C=C/c1ccc(N2CCCC2=O)cc1)NCc1ccc(S(=O)(=O)N2CCOCC2)cc1. The van der Waals surface area contributed by atoms with Crippen LogP contribution in [0.1, 0.15) is 24.0 Å². The Balaban J connectivity index is 1.29. The molecule has 4 rings (SSSR count). The third-order valence-electron chi connectivity index (χ3n) is 5.70. The molecule has 0 aromatic heterocycles. The van der Waals surface area contributed by atoms with Crippen molar-refractivity contribution in [1.29, 1.82) is 0 Å². The standard InChI is InChI=1S/C24H27N3O5S/c28-23(12-7-19-3-8-21(9-4-19)27-13-1-2-24(27)29)25-18-20-5-10-22(11-6-20)33(30,31)26-14-16-32-17-15-26/h3-12H,1-2,13-18H2,(H,25,28)/b12-7+. The zero-order valence-electron chi connectivity index (χ0n) is 18.3. The molecule has 9 heteroatoms. The van der Waals surface area contributed by atoms with Crippen molar-refractivity contribution in [2.45, 2.75) is 24.3 Å². The maximum absolute atomic E-state index is 12.7. The van der Waals surface area contributed by atoms with Gasteiger partial charge in [-0.15, -0.1) is 0 Å². The average Bonchev–Trinajstić information content (AvgIpc) is 3.28. The van der Waals surface area contributed by atoms with Crippen LogP contribution in [0.5, 0.6) is 0 Å². The van der Waals surface area contributed by atoms with Crippen molar-refractivity contribution in [2.24, 2.45) is 0 Å². The Morgan fingerprint density at radius 2 is 1.70 bits per heavy atom. The Labute approximate surface area is 193 Å². The molecule has 33 heavy (non-hydrogen) atoms. The fraction of sp³-hybridized carbons (Fsp3) is 0.333. The molecule has 2 aliphatic rings. The third-order valence-corrected chi connectivity index (χ3v) is 7.62. The lowest BCUT2D eigenvalue weighted by Crippen LogP contribution is -2.40. The largest absolute Gasteiger partial charge is 0.379 e. The molecule has 174 valence electrons. The number of nitrogens with one attached hydrogen (secondary N) is 1. The molecule has 0 spiro atoms. The van der Waals surface area contributed by atoms with E-state index in [0.29, 0.717) is 32.7 Å². The summed E-state index contributed by atoms with van der Waals surface area (Å²) in [5.41, 5.74) is 2.54. The van der Waals surface area contributed by atoms with Crippen molar-refractivity contribution in [3.63, 3.8) is 0 Å². The number of sulfonamides is 1. The Kier molecular flexibility index (Phi) is 7.22. The van der Waals surface area contributed by atoms with E-state index in [2.05, 4.69) is 5.32 Å². The first-order valence-electron chi connectivity index (χ1n) is 11.0.